The lowest BCUT2D eigenvalue weighted by Gasteiger charge is -2.46. The molecule has 0 N–H and O–H groups in total. The van der Waals surface area contributed by atoms with E-state index < -0.39 is 0 Å². The minimum Gasteiger partial charge on any atom is -0.456 e. The average Bonchev–Trinajstić information content (AvgIpc) is 0.804. The monoisotopic (exact) mass is 1370 g/mol. The highest BCUT2D eigenvalue weighted by Crippen LogP contribution is 2.56. The van der Waals surface area contributed by atoms with Crippen molar-refractivity contribution in [1.29, 1.82) is 0 Å². The summed E-state index contributed by atoms with van der Waals surface area (Å²) in [7, 11) is 0. The van der Waals surface area contributed by atoms with Crippen molar-refractivity contribution < 1.29 is 8.83 Å². The molecule has 0 radical (unpaired) electrons. The number of para-hydroxylation sites is 4. The predicted molar refractivity (Wildman–Crippen MR) is 453 cm³/mol. The molecule has 0 saturated carbocycles. The molecule has 2 aliphatic heterocycles. The Morgan fingerprint density at radius 1 is 0.213 bits per heavy atom. The van der Waals surface area contributed by atoms with Gasteiger partial charge in [-0.3, -0.25) is 0 Å². The van der Waals surface area contributed by atoms with Crippen LogP contribution >= 0.6 is 0 Å². The van der Waals surface area contributed by atoms with Crippen LogP contribution in [0.5, 0.6) is 0 Å². The molecule has 108 heavy (non-hydrogen) atoms. The van der Waals surface area contributed by atoms with Crippen molar-refractivity contribution in [3.05, 3.63) is 388 Å². The minimum atomic E-state index is -0.381. The maximum Gasteiger partial charge on any atom is 0.252 e. The number of benzene rings is 17. The van der Waals surface area contributed by atoms with Crippen LogP contribution in [0.2, 0.25) is 0 Å². The Kier molecular flexibility index (Phi) is 14.0. The van der Waals surface area contributed by atoms with Crippen LogP contribution in [-0.2, 0) is 0 Å². The van der Waals surface area contributed by atoms with Crippen LogP contribution in [0.1, 0.15) is 0 Å². The summed E-state index contributed by atoms with van der Waals surface area (Å²) in [5, 5.41) is 6.71. The van der Waals surface area contributed by atoms with Crippen molar-refractivity contribution in [3.63, 3.8) is 0 Å². The summed E-state index contributed by atoms with van der Waals surface area (Å²) >= 11 is 0. The van der Waals surface area contributed by atoms with E-state index in [9.17, 15) is 0 Å². The highest BCUT2D eigenvalue weighted by atomic mass is 16.3. The number of hydrogen-bond acceptors (Lipinski definition) is 4. The van der Waals surface area contributed by atoms with Crippen molar-refractivity contribution in [2.75, 3.05) is 9.80 Å². The van der Waals surface area contributed by atoms with E-state index in [-0.39, 0.29) is 6.71 Å². The standard InChI is InChI=1S/C102H64BN3O2/c1-7-29-65(30-8-1)73-57-82(67-33-11-3-12-34-67)101(83(58-73)68-35-13-4-14-36-68)105-90-55-53-71(76-45-27-51-96-98(76)80-43-21-25-49-94(80)107-96)61-86(90)103-87-62-72(77-46-28-52-97-99(77)81-44-22-26-50-95(81)108-97)54-56-91(87)106(93-64-75(63-92(105)100(93)103)104-88-47-23-19-41-78(88)79-42-20-24-48-89(79)104)102-84(69-37-15-5-16-38-69)59-74(66-31-9-2-10-32-66)60-85(102)70-39-17-6-18-40-70/h1-64H. The van der Waals surface area contributed by atoms with E-state index in [0.717, 1.165) is 195 Å². The minimum absolute atomic E-state index is 0.381. The zero-order chi connectivity index (χ0) is 70.9. The molecule has 0 spiro atoms. The van der Waals surface area contributed by atoms with E-state index in [4.69, 9.17) is 8.83 Å². The Morgan fingerprint density at radius 2 is 0.537 bits per heavy atom. The fourth-order valence-electron chi connectivity index (χ4n) is 17.9. The molecule has 22 rings (SSSR count). The molecule has 2 aliphatic rings. The molecule has 6 heteroatoms. The van der Waals surface area contributed by atoms with Crippen LogP contribution in [0.3, 0.4) is 0 Å². The van der Waals surface area contributed by atoms with Crippen molar-refractivity contribution >= 4 is 123 Å². The summed E-state index contributed by atoms with van der Waals surface area (Å²) < 4.78 is 16.1. The smallest absolute Gasteiger partial charge is 0.252 e. The maximum atomic E-state index is 6.76. The van der Waals surface area contributed by atoms with Crippen LogP contribution in [0.15, 0.2) is 397 Å². The van der Waals surface area contributed by atoms with Crippen molar-refractivity contribution in [2.45, 2.75) is 0 Å². The summed E-state index contributed by atoms with van der Waals surface area (Å²) in [5.41, 5.74) is 34.3. The van der Waals surface area contributed by atoms with Gasteiger partial charge in [0.05, 0.1) is 28.1 Å². The lowest BCUT2D eigenvalue weighted by atomic mass is 9.33. The molecule has 5 heterocycles. The second-order valence-corrected chi connectivity index (χ2v) is 28.5. The third-order valence-electron chi connectivity index (χ3n) is 22.5. The maximum absolute atomic E-state index is 6.76. The van der Waals surface area contributed by atoms with Gasteiger partial charge in [0.25, 0.3) is 6.71 Å². The van der Waals surface area contributed by atoms with E-state index >= 15 is 0 Å². The van der Waals surface area contributed by atoms with Gasteiger partial charge in [0.15, 0.2) is 0 Å². The molecule has 0 unspecified atom stereocenters. The molecule has 0 fully saturated rings. The lowest BCUT2D eigenvalue weighted by Crippen LogP contribution is -2.61. The second kappa shape index (κ2) is 24.7. The molecule has 0 bridgehead atoms. The normalized spacial score (nSPS) is 12.4. The summed E-state index contributed by atoms with van der Waals surface area (Å²) in [6.45, 7) is -0.381. The lowest BCUT2D eigenvalue weighted by molar-refractivity contribution is 0.668. The van der Waals surface area contributed by atoms with Gasteiger partial charge < -0.3 is 23.2 Å². The highest BCUT2D eigenvalue weighted by molar-refractivity contribution is 7.00. The number of aromatic nitrogens is 1. The van der Waals surface area contributed by atoms with Gasteiger partial charge in [0, 0.05) is 77.3 Å². The summed E-state index contributed by atoms with van der Waals surface area (Å²) in [6.07, 6.45) is 0. The summed E-state index contributed by atoms with van der Waals surface area (Å²) in [6, 6.07) is 144. The van der Waals surface area contributed by atoms with Crippen LogP contribution in [0.4, 0.5) is 34.1 Å². The van der Waals surface area contributed by atoms with Gasteiger partial charge in [-0.2, -0.15) is 0 Å². The fourth-order valence-corrected chi connectivity index (χ4v) is 17.9. The number of fused-ring (bicyclic) bond motifs is 13. The number of furan rings is 2. The molecule has 502 valence electrons. The average molecular weight is 1370 g/mol. The van der Waals surface area contributed by atoms with Gasteiger partial charge in [0.2, 0.25) is 0 Å². The topological polar surface area (TPSA) is 37.7 Å². The van der Waals surface area contributed by atoms with Crippen LogP contribution < -0.4 is 26.2 Å². The molecule has 3 aromatic heterocycles. The number of nitrogens with zero attached hydrogens (tertiary/aromatic N) is 3. The Bertz CT molecular complexity index is 6450. The first-order chi connectivity index (χ1) is 53.6. The second-order valence-electron chi connectivity index (χ2n) is 28.5. The van der Waals surface area contributed by atoms with Gasteiger partial charge in [-0.1, -0.05) is 303 Å². The zero-order valence-corrected chi connectivity index (χ0v) is 58.7. The third kappa shape index (κ3) is 9.67. The first-order valence-corrected chi connectivity index (χ1v) is 37.1. The number of hydrogen-bond donors (Lipinski definition) is 0. The molecule has 17 aromatic carbocycles. The highest BCUT2D eigenvalue weighted by Gasteiger charge is 2.46. The first-order valence-electron chi connectivity index (χ1n) is 37.1. The third-order valence-corrected chi connectivity index (χ3v) is 22.5. The van der Waals surface area contributed by atoms with Gasteiger partial charge in [-0.15, -0.1) is 0 Å². The Labute approximate surface area is 625 Å². The van der Waals surface area contributed by atoms with E-state index in [2.05, 4.69) is 403 Å². The largest absolute Gasteiger partial charge is 0.456 e. The van der Waals surface area contributed by atoms with Crippen molar-refractivity contribution in [1.82, 2.24) is 4.57 Å². The van der Waals surface area contributed by atoms with Gasteiger partial charge >= 0.3 is 0 Å². The number of anilines is 6. The molecular weight excluding hydrogens is 1310 g/mol. The van der Waals surface area contributed by atoms with Crippen molar-refractivity contribution in [2.24, 2.45) is 0 Å². The molecule has 0 amide bonds. The molecule has 0 saturated heterocycles. The zero-order valence-electron chi connectivity index (χ0n) is 58.7. The van der Waals surface area contributed by atoms with E-state index in [1.54, 1.807) is 0 Å². The van der Waals surface area contributed by atoms with Gasteiger partial charge in [-0.25, -0.2) is 0 Å². The number of rotatable bonds is 11. The van der Waals surface area contributed by atoms with Crippen LogP contribution in [-0.4, -0.2) is 11.3 Å². The van der Waals surface area contributed by atoms with Crippen LogP contribution in [0, 0.1) is 0 Å². The molecular formula is C102H64BN3O2. The molecule has 0 atom stereocenters. The SMILES string of the molecule is c1ccc(-c2cc(-c3ccccc3)c(N3c4ccc(-c5cccc6oc7ccccc7c56)cc4B4c5cc(-c6cccc7oc8ccccc8c67)ccc5N(c5c(-c6ccccc6)cc(-c6ccccc6)cc5-c5ccccc5)c5cc(-n6c7ccccc7c7ccccc76)cc3c54)c(-c3ccccc3)c2)cc1. The van der Waals surface area contributed by atoms with Gasteiger partial charge in [-0.05, 0) is 168 Å². The van der Waals surface area contributed by atoms with E-state index in [1.807, 2.05) is 0 Å². The van der Waals surface area contributed by atoms with E-state index in [0.29, 0.717) is 0 Å². The molecule has 0 aliphatic carbocycles. The van der Waals surface area contributed by atoms with E-state index in [1.165, 1.54) is 16.2 Å². The summed E-state index contributed by atoms with van der Waals surface area (Å²) in [5.74, 6) is 0. The van der Waals surface area contributed by atoms with Gasteiger partial charge in [0.1, 0.15) is 22.3 Å². The molecule has 20 aromatic rings. The van der Waals surface area contributed by atoms with Crippen molar-refractivity contribution in [3.8, 4) is 94.7 Å². The first kappa shape index (κ1) is 61.3. The Balaban J connectivity index is 0.949. The fraction of sp³-hybridized carbons (Fsp3) is 0. The summed E-state index contributed by atoms with van der Waals surface area (Å²) in [4.78, 5) is 5.36. The van der Waals surface area contributed by atoms with Crippen LogP contribution in [0.25, 0.3) is 160 Å². The molecule has 5 nitrogen and oxygen atoms in total. The Hall–Kier alpha value is -14.2. The Morgan fingerprint density at radius 3 is 0.917 bits per heavy atom. The quantitative estimate of drug-likeness (QED) is 0.121. The predicted octanol–water partition coefficient (Wildman–Crippen LogP) is 26.0.